The van der Waals surface area contributed by atoms with Crippen LogP contribution in [-0.2, 0) is 9.84 Å². The van der Waals surface area contributed by atoms with Gasteiger partial charge in [-0.3, -0.25) is 9.79 Å². The molecule has 1 N–H and O–H groups in total. The number of halogens is 1. The maximum Gasteiger partial charge on any atom is 0.265 e. The Labute approximate surface area is 166 Å². The van der Waals surface area contributed by atoms with E-state index in [2.05, 4.69) is 4.99 Å². The third-order valence-corrected chi connectivity index (χ3v) is 6.78. The van der Waals surface area contributed by atoms with Crippen molar-refractivity contribution in [1.82, 2.24) is 4.57 Å². The number of hydrogen-bond donors (Lipinski definition) is 1. The van der Waals surface area contributed by atoms with Crippen molar-refractivity contribution in [1.29, 1.82) is 0 Å². The van der Waals surface area contributed by atoms with E-state index in [0.717, 1.165) is 0 Å². The van der Waals surface area contributed by atoms with Gasteiger partial charge < -0.3 is 5.11 Å². The van der Waals surface area contributed by atoms with Crippen LogP contribution in [0, 0.1) is 0 Å². The zero-order valence-electron chi connectivity index (χ0n) is 14.7. The van der Waals surface area contributed by atoms with Crippen molar-refractivity contribution < 1.29 is 13.5 Å². The first-order valence-electron chi connectivity index (χ1n) is 8.72. The first kappa shape index (κ1) is 18.7. The number of fused-ring (bicyclic) bond motifs is 1. The number of nitrogens with zero attached hydrogens (tertiary/aromatic N) is 2. The highest BCUT2D eigenvalue weighted by Gasteiger charge is 2.27. The van der Waals surface area contributed by atoms with E-state index in [4.69, 9.17) is 11.6 Å². The summed E-state index contributed by atoms with van der Waals surface area (Å²) in [5, 5.41) is 12.3. The van der Waals surface area contributed by atoms with Gasteiger partial charge in [-0.15, -0.1) is 0 Å². The second-order valence-electron chi connectivity index (χ2n) is 6.74. The lowest BCUT2D eigenvalue weighted by atomic mass is 10.1. The Balaban J connectivity index is 1.92. The second kappa shape index (κ2) is 7.07. The summed E-state index contributed by atoms with van der Waals surface area (Å²) in [6.45, 7) is 0. The van der Waals surface area contributed by atoms with Crippen LogP contribution in [0.25, 0.3) is 16.5 Å². The maximum atomic E-state index is 13.0. The van der Waals surface area contributed by atoms with Gasteiger partial charge in [0.15, 0.2) is 9.84 Å². The van der Waals surface area contributed by atoms with Gasteiger partial charge in [0.1, 0.15) is 0 Å². The molecule has 1 aliphatic heterocycles. The normalized spacial score (nSPS) is 18.8. The molecule has 144 valence electrons. The number of aromatic nitrogens is 1. The van der Waals surface area contributed by atoms with E-state index in [9.17, 15) is 18.3 Å². The average Bonchev–Trinajstić information content (AvgIpc) is 3.01. The molecule has 1 fully saturated rings. The molecule has 2 aromatic carbocycles. The Kier molecular flexibility index (Phi) is 4.72. The lowest BCUT2D eigenvalue weighted by Crippen LogP contribution is -2.20. The zero-order valence-corrected chi connectivity index (χ0v) is 16.3. The summed E-state index contributed by atoms with van der Waals surface area (Å²) < 4.78 is 24.5. The lowest BCUT2D eigenvalue weighted by Gasteiger charge is -2.14. The van der Waals surface area contributed by atoms with Gasteiger partial charge in [-0.1, -0.05) is 35.9 Å². The highest BCUT2D eigenvalue weighted by Crippen LogP contribution is 2.27. The van der Waals surface area contributed by atoms with Crippen molar-refractivity contribution in [2.45, 2.75) is 12.5 Å². The van der Waals surface area contributed by atoms with Gasteiger partial charge in [0.05, 0.1) is 28.8 Å². The Hall–Kier alpha value is -2.64. The van der Waals surface area contributed by atoms with Crippen LogP contribution in [0.15, 0.2) is 58.3 Å². The van der Waals surface area contributed by atoms with E-state index >= 15 is 0 Å². The summed E-state index contributed by atoms with van der Waals surface area (Å²) in [5.41, 5.74) is 0.411. The third kappa shape index (κ3) is 3.43. The van der Waals surface area contributed by atoms with Crippen LogP contribution in [0.1, 0.15) is 12.0 Å². The SMILES string of the molecule is O=c1c2ccccc2c(C=N[C@@H]2CCS(=O)(=O)C2)c(O)n1-c1cccc(Cl)c1. The van der Waals surface area contributed by atoms with Gasteiger partial charge in [0, 0.05) is 22.0 Å². The number of aromatic hydroxyl groups is 1. The fourth-order valence-corrected chi connectivity index (χ4v) is 5.24. The van der Waals surface area contributed by atoms with Crippen LogP contribution < -0.4 is 5.56 Å². The van der Waals surface area contributed by atoms with Crippen LogP contribution >= 0.6 is 11.6 Å². The zero-order chi connectivity index (χ0) is 19.9. The Morgan fingerprint density at radius 3 is 2.57 bits per heavy atom. The summed E-state index contributed by atoms with van der Waals surface area (Å²) >= 11 is 6.05. The monoisotopic (exact) mass is 416 g/mol. The number of aliphatic imine (C=N–C) groups is 1. The molecule has 6 nitrogen and oxygen atoms in total. The first-order chi connectivity index (χ1) is 13.4. The molecule has 3 aromatic rings. The number of benzene rings is 2. The molecule has 0 unspecified atom stereocenters. The largest absolute Gasteiger partial charge is 0.494 e. The molecule has 1 aliphatic rings. The molecule has 8 heteroatoms. The van der Waals surface area contributed by atoms with E-state index in [1.807, 2.05) is 0 Å². The first-order valence-corrected chi connectivity index (χ1v) is 10.9. The number of sulfone groups is 1. The van der Waals surface area contributed by atoms with Gasteiger partial charge in [-0.25, -0.2) is 13.0 Å². The topological polar surface area (TPSA) is 88.7 Å². The fraction of sp³-hybridized carbons (Fsp3) is 0.200. The summed E-state index contributed by atoms with van der Waals surface area (Å²) in [6, 6.07) is 13.2. The van der Waals surface area contributed by atoms with E-state index < -0.39 is 9.84 Å². The predicted octanol–water partition coefficient (Wildman–Crippen LogP) is 2.96. The summed E-state index contributed by atoms with van der Waals surface area (Å²) in [6.07, 6.45) is 1.91. The highest BCUT2D eigenvalue weighted by molar-refractivity contribution is 7.91. The Morgan fingerprint density at radius 1 is 1.14 bits per heavy atom. The van der Waals surface area contributed by atoms with Crippen molar-refractivity contribution in [3.8, 4) is 11.6 Å². The van der Waals surface area contributed by atoms with E-state index in [1.54, 1.807) is 48.5 Å². The third-order valence-electron chi connectivity index (χ3n) is 4.79. The Morgan fingerprint density at radius 2 is 1.89 bits per heavy atom. The number of hydrogen-bond acceptors (Lipinski definition) is 5. The van der Waals surface area contributed by atoms with Crippen LogP contribution in [-0.4, -0.2) is 41.9 Å². The quantitative estimate of drug-likeness (QED) is 0.665. The molecule has 0 spiro atoms. The highest BCUT2D eigenvalue weighted by atomic mass is 35.5. The summed E-state index contributed by atoms with van der Waals surface area (Å²) in [4.78, 5) is 17.4. The van der Waals surface area contributed by atoms with Crippen LogP contribution in [0.3, 0.4) is 0 Å². The molecule has 1 atom stereocenters. The summed E-state index contributed by atoms with van der Waals surface area (Å²) in [7, 11) is -3.06. The van der Waals surface area contributed by atoms with Crippen molar-refractivity contribution >= 4 is 38.4 Å². The van der Waals surface area contributed by atoms with Gasteiger partial charge >= 0.3 is 0 Å². The Bertz CT molecular complexity index is 1260. The minimum absolute atomic E-state index is 0.00384. The molecule has 0 amide bonds. The standard InChI is InChI=1S/C20H17ClN2O4S/c21-13-4-3-5-15(10-13)23-19(24)17-7-2-1-6-16(17)18(20(23)25)11-22-14-8-9-28(26,27)12-14/h1-7,10-11,14,25H,8-9,12H2/t14-/m1/s1. The van der Waals surface area contributed by atoms with Gasteiger partial charge in [-0.05, 0) is 30.7 Å². The molecular weight excluding hydrogens is 400 g/mol. The minimum Gasteiger partial charge on any atom is -0.494 e. The molecule has 4 rings (SSSR count). The van der Waals surface area contributed by atoms with E-state index in [-0.39, 0.29) is 29.0 Å². The lowest BCUT2D eigenvalue weighted by molar-refractivity contribution is 0.436. The second-order valence-corrected chi connectivity index (χ2v) is 9.40. The molecule has 0 saturated carbocycles. The van der Waals surface area contributed by atoms with Crippen LogP contribution in [0.5, 0.6) is 5.88 Å². The van der Waals surface area contributed by atoms with Crippen LogP contribution in [0.2, 0.25) is 5.02 Å². The average molecular weight is 417 g/mol. The number of pyridine rings is 1. The molecule has 2 heterocycles. The predicted molar refractivity (Wildman–Crippen MR) is 111 cm³/mol. The fourth-order valence-electron chi connectivity index (χ4n) is 3.42. The van der Waals surface area contributed by atoms with Gasteiger partial charge in [0.2, 0.25) is 5.88 Å². The van der Waals surface area contributed by atoms with Crippen molar-refractivity contribution in [3.05, 3.63) is 69.5 Å². The van der Waals surface area contributed by atoms with Crippen LogP contribution in [0.4, 0.5) is 0 Å². The van der Waals surface area contributed by atoms with Crippen molar-refractivity contribution in [2.24, 2.45) is 4.99 Å². The maximum absolute atomic E-state index is 13.0. The smallest absolute Gasteiger partial charge is 0.265 e. The van der Waals surface area contributed by atoms with Gasteiger partial charge in [-0.2, -0.15) is 0 Å². The van der Waals surface area contributed by atoms with E-state index in [0.29, 0.717) is 33.5 Å². The van der Waals surface area contributed by atoms with Gasteiger partial charge in [0.25, 0.3) is 5.56 Å². The summed E-state index contributed by atoms with van der Waals surface area (Å²) in [5.74, 6) is -0.157. The molecule has 28 heavy (non-hydrogen) atoms. The molecule has 0 radical (unpaired) electrons. The van der Waals surface area contributed by atoms with E-state index in [1.165, 1.54) is 10.8 Å². The van der Waals surface area contributed by atoms with Crippen molar-refractivity contribution in [3.63, 3.8) is 0 Å². The molecule has 1 aromatic heterocycles. The minimum atomic E-state index is -3.06. The molecule has 0 bridgehead atoms. The number of rotatable bonds is 3. The van der Waals surface area contributed by atoms with Crippen molar-refractivity contribution in [2.75, 3.05) is 11.5 Å². The molecule has 0 aliphatic carbocycles. The molecule has 1 saturated heterocycles. The molecular formula is C20H17ClN2O4S.